The van der Waals surface area contributed by atoms with Gasteiger partial charge in [-0.1, -0.05) is 36.4 Å². The Hall–Kier alpha value is -2.89. The van der Waals surface area contributed by atoms with Gasteiger partial charge in [0.15, 0.2) is 0 Å². The third-order valence-electron chi connectivity index (χ3n) is 4.95. The summed E-state index contributed by atoms with van der Waals surface area (Å²) in [6, 6.07) is 13.9. The first-order valence-electron chi connectivity index (χ1n) is 9.17. The Morgan fingerprint density at radius 1 is 0.852 bits per heavy atom. The van der Waals surface area contributed by atoms with Crippen LogP contribution in [0.2, 0.25) is 0 Å². The largest absolute Gasteiger partial charge is 0.399 e. The number of halogens is 1. The lowest BCUT2D eigenvalue weighted by Crippen LogP contribution is -2.51. The molecule has 6 heteroatoms. The summed E-state index contributed by atoms with van der Waals surface area (Å²) in [6.45, 7) is 1.97. The predicted octanol–water partition coefficient (Wildman–Crippen LogP) is 2.25. The first-order chi connectivity index (χ1) is 13.0. The zero-order valence-electron chi connectivity index (χ0n) is 15.2. The lowest BCUT2D eigenvalue weighted by atomic mass is 10.1. The minimum Gasteiger partial charge on any atom is -0.399 e. The van der Waals surface area contributed by atoms with Crippen LogP contribution < -0.4 is 5.73 Å². The highest BCUT2D eigenvalue weighted by atomic mass is 19.1. The van der Waals surface area contributed by atoms with E-state index in [4.69, 9.17) is 5.73 Å². The van der Waals surface area contributed by atoms with Crippen molar-refractivity contribution in [2.45, 2.75) is 19.3 Å². The average molecular weight is 369 g/mol. The molecule has 5 nitrogen and oxygen atoms in total. The summed E-state index contributed by atoms with van der Waals surface area (Å²) < 4.78 is 13.7. The van der Waals surface area contributed by atoms with E-state index in [1.807, 2.05) is 24.3 Å². The summed E-state index contributed by atoms with van der Waals surface area (Å²) in [7, 11) is 0. The number of nitrogens with two attached hydrogens (primary N) is 1. The van der Waals surface area contributed by atoms with Crippen LogP contribution in [-0.4, -0.2) is 47.8 Å². The zero-order valence-corrected chi connectivity index (χ0v) is 15.2. The van der Waals surface area contributed by atoms with E-state index < -0.39 is 0 Å². The third kappa shape index (κ3) is 4.84. The zero-order chi connectivity index (χ0) is 19.2. The fourth-order valence-corrected chi connectivity index (χ4v) is 3.28. The topological polar surface area (TPSA) is 66.6 Å². The van der Waals surface area contributed by atoms with Crippen LogP contribution >= 0.6 is 0 Å². The molecular weight excluding hydrogens is 345 g/mol. The van der Waals surface area contributed by atoms with Gasteiger partial charge in [-0.3, -0.25) is 9.59 Å². The van der Waals surface area contributed by atoms with Crippen molar-refractivity contribution in [3.63, 3.8) is 0 Å². The maximum atomic E-state index is 13.7. The number of hydrogen-bond donors (Lipinski definition) is 1. The minimum absolute atomic E-state index is 0.0495. The molecule has 1 aliphatic rings. The van der Waals surface area contributed by atoms with Crippen LogP contribution in [0.15, 0.2) is 48.5 Å². The Balaban J connectivity index is 1.47. The molecule has 0 spiro atoms. The van der Waals surface area contributed by atoms with Crippen molar-refractivity contribution in [3.05, 3.63) is 65.5 Å². The molecule has 2 N–H and O–H groups in total. The van der Waals surface area contributed by atoms with E-state index in [1.165, 1.54) is 6.07 Å². The molecule has 0 bridgehead atoms. The second-order valence-corrected chi connectivity index (χ2v) is 6.73. The van der Waals surface area contributed by atoms with Crippen molar-refractivity contribution in [2.24, 2.45) is 0 Å². The second-order valence-electron chi connectivity index (χ2n) is 6.73. The van der Waals surface area contributed by atoms with Gasteiger partial charge in [0.25, 0.3) is 0 Å². The lowest BCUT2D eigenvalue weighted by molar-refractivity contribution is -0.139. The van der Waals surface area contributed by atoms with E-state index in [2.05, 4.69) is 0 Å². The number of carbonyl (C=O) groups is 2. The van der Waals surface area contributed by atoms with Gasteiger partial charge < -0.3 is 15.5 Å². The molecule has 2 aromatic carbocycles. The van der Waals surface area contributed by atoms with Crippen LogP contribution in [0.1, 0.15) is 17.5 Å². The van der Waals surface area contributed by atoms with Gasteiger partial charge >= 0.3 is 0 Å². The number of amides is 2. The third-order valence-corrected chi connectivity index (χ3v) is 4.95. The molecule has 0 aliphatic carbocycles. The number of carbonyl (C=O) groups excluding carboxylic acids is 2. The van der Waals surface area contributed by atoms with Crippen LogP contribution in [0.3, 0.4) is 0 Å². The van der Waals surface area contributed by atoms with Gasteiger partial charge in [-0.05, 0) is 29.7 Å². The molecule has 2 amide bonds. The fourth-order valence-electron chi connectivity index (χ4n) is 3.28. The number of hydrogen-bond acceptors (Lipinski definition) is 3. The van der Waals surface area contributed by atoms with Crippen LogP contribution in [0.5, 0.6) is 0 Å². The predicted molar refractivity (Wildman–Crippen MR) is 102 cm³/mol. The maximum absolute atomic E-state index is 13.7. The second kappa shape index (κ2) is 8.66. The number of benzene rings is 2. The quantitative estimate of drug-likeness (QED) is 0.822. The molecule has 142 valence electrons. The molecule has 0 radical (unpaired) electrons. The highest BCUT2D eigenvalue weighted by Crippen LogP contribution is 2.15. The number of piperazine rings is 1. The van der Waals surface area contributed by atoms with E-state index in [0.717, 1.165) is 5.56 Å². The van der Waals surface area contributed by atoms with Gasteiger partial charge in [0.1, 0.15) is 5.82 Å². The number of nitrogen functional groups attached to an aromatic ring is 1. The molecule has 1 aliphatic heterocycles. The smallest absolute Gasteiger partial charge is 0.227 e. The normalized spacial score (nSPS) is 14.3. The summed E-state index contributed by atoms with van der Waals surface area (Å²) in [6.07, 6.45) is 1.06. The van der Waals surface area contributed by atoms with Gasteiger partial charge in [-0.2, -0.15) is 0 Å². The summed E-state index contributed by atoms with van der Waals surface area (Å²) in [5.41, 5.74) is 8.00. The van der Waals surface area contributed by atoms with E-state index in [1.54, 1.807) is 28.0 Å². The molecule has 0 atom stereocenters. The van der Waals surface area contributed by atoms with E-state index in [-0.39, 0.29) is 24.1 Å². The van der Waals surface area contributed by atoms with Gasteiger partial charge in [-0.15, -0.1) is 0 Å². The number of para-hydroxylation sites is 1. The summed E-state index contributed by atoms with van der Waals surface area (Å²) >= 11 is 0. The molecule has 0 unspecified atom stereocenters. The van der Waals surface area contributed by atoms with Gasteiger partial charge in [0.05, 0.1) is 6.42 Å². The highest BCUT2D eigenvalue weighted by Gasteiger charge is 2.24. The number of nitrogens with zero attached hydrogens (tertiary/aromatic N) is 2. The first-order valence-corrected chi connectivity index (χ1v) is 9.17. The molecule has 3 rings (SSSR count). The molecule has 0 saturated carbocycles. The van der Waals surface area contributed by atoms with Crippen LogP contribution in [0.25, 0.3) is 0 Å². The number of rotatable bonds is 5. The Morgan fingerprint density at radius 3 is 2.04 bits per heavy atom. The first kappa shape index (κ1) is 18.9. The standard InChI is InChI=1S/C21H24FN3O2/c22-18-7-3-1-6-17(18)15-21(27)25-13-11-24(12-14-25)20(26)10-9-16-5-2-4-8-19(16)23/h1-8H,9-15,23H2. The molecule has 0 aromatic heterocycles. The van der Waals surface area contributed by atoms with E-state index >= 15 is 0 Å². The molecule has 1 fully saturated rings. The van der Waals surface area contributed by atoms with E-state index in [0.29, 0.717) is 50.3 Å². The van der Waals surface area contributed by atoms with Crippen molar-refractivity contribution >= 4 is 17.5 Å². The Kier molecular flexibility index (Phi) is 6.06. The van der Waals surface area contributed by atoms with Crippen LogP contribution in [0.4, 0.5) is 10.1 Å². The van der Waals surface area contributed by atoms with Crippen LogP contribution in [0, 0.1) is 5.82 Å². The molecule has 27 heavy (non-hydrogen) atoms. The van der Waals surface area contributed by atoms with Gasteiger partial charge in [0, 0.05) is 38.3 Å². The van der Waals surface area contributed by atoms with Crippen molar-refractivity contribution < 1.29 is 14.0 Å². The van der Waals surface area contributed by atoms with Crippen molar-refractivity contribution in [2.75, 3.05) is 31.9 Å². The van der Waals surface area contributed by atoms with Crippen molar-refractivity contribution in [1.82, 2.24) is 9.80 Å². The minimum atomic E-state index is -0.361. The molecule has 1 heterocycles. The Bertz CT molecular complexity index is 817. The summed E-state index contributed by atoms with van der Waals surface area (Å²) in [4.78, 5) is 28.3. The van der Waals surface area contributed by atoms with Gasteiger partial charge in [0.2, 0.25) is 11.8 Å². The average Bonchev–Trinajstić information content (AvgIpc) is 2.69. The summed E-state index contributed by atoms with van der Waals surface area (Å²) in [5.74, 6) is -0.399. The fraction of sp³-hybridized carbons (Fsp3) is 0.333. The Morgan fingerprint density at radius 2 is 1.41 bits per heavy atom. The SMILES string of the molecule is Nc1ccccc1CCC(=O)N1CCN(C(=O)Cc2ccccc2F)CC1. The molecule has 1 saturated heterocycles. The van der Waals surface area contributed by atoms with Gasteiger partial charge in [-0.25, -0.2) is 4.39 Å². The monoisotopic (exact) mass is 369 g/mol. The van der Waals surface area contributed by atoms with E-state index in [9.17, 15) is 14.0 Å². The molecule has 2 aromatic rings. The van der Waals surface area contributed by atoms with Crippen molar-refractivity contribution in [1.29, 1.82) is 0 Å². The summed E-state index contributed by atoms with van der Waals surface area (Å²) in [5, 5.41) is 0. The lowest BCUT2D eigenvalue weighted by Gasteiger charge is -2.35. The Labute approximate surface area is 158 Å². The number of anilines is 1. The van der Waals surface area contributed by atoms with Crippen molar-refractivity contribution in [3.8, 4) is 0 Å². The number of aryl methyl sites for hydroxylation is 1. The maximum Gasteiger partial charge on any atom is 0.227 e. The highest BCUT2D eigenvalue weighted by molar-refractivity contribution is 5.80. The van der Waals surface area contributed by atoms with Crippen LogP contribution in [-0.2, 0) is 22.4 Å². The molecular formula is C21H24FN3O2.